The molecular weight excluding hydrogens is 250 g/mol. The van der Waals surface area contributed by atoms with Gasteiger partial charge in [-0.2, -0.15) is 0 Å². The highest BCUT2D eigenvalue weighted by Crippen LogP contribution is 2.14. The summed E-state index contributed by atoms with van der Waals surface area (Å²) in [6.45, 7) is 6.69. The van der Waals surface area contributed by atoms with Gasteiger partial charge in [-0.25, -0.2) is 4.79 Å². The SMILES string of the molecule is CCC(C)C(NC(N)=O)C(=O)NCC(C)(C)C(=O)O. The zero-order chi connectivity index (χ0) is 15.2. The molecule has 0 aliphatic carbocycles. The van der Waals surface area contributed by atoms with Crippen molar-refractivity contribution in [1.29, 1.82) is 0 Å². The molecule has 0 aliphatic rings. The summed E-state index contributed by atoms with van der Waals surface area (Å²) in [5, 5.41) is 13.9. The van der Waals surface area contributed by atoms with Crippen molar-refractivity contribution < 1.29 is 19.5 Å². The number of carbonyl (C=O) groups excluding carboxylic acids is 2. The predicted octanol–water partition coefficient (Wildman–Crippen LogP) is 0.296. The van der Waals surface area contributed by atoms with Gasteiger partial charge in [-0.15, -0.1) is 0 Å². The van der Waals surface area contributed by atoms with E-state index in [1.165, 1.54) is 13.8 Å². The molecule has 0 aliphatic heterocycles. The van der Waals surface area contributed by atoms with E-state index in [0.29, 0.717) is 6.42 Å². The van der Waals surface area contributed by atoms with E-state index in [0.717, 1.165) is 0 Å². The van der Waals surface area contributed by atoms with Crippen molar-refractivity contribution >= 4 is 17.9 Å². The van der Waals surface area contributed by atoms with Crippen LogP contribution in [0, 0.1) is 11.3 Å². The number of carboxylic acids is 1. The number of hydrogen-bond acceptors (Lipinski definition) is 3. The minimum Gasteiger partial charge on any atom is -0.481 e. The van der Waals surface area contributed by atoms with Crippen LogP contribution < -0.4 is 16.4 Å². The fourth-order valence-electron chi connectivity index (χ4n) is 1.35. The molecule has 7 nitrogen and oxygen atoms in total. The molecule has 0 aromatic heterocycles. The molecule has 3 amide bonds. The van der Waals surface area contributed by atoms with Gasteiger partial charge in [-0.3, -0.25) is 9.59 Å². The summed E-state index contributed by atoms with van der Waals surface area (Å²) in [5.41, 5.74) is 3.96. The van der Waals surface area contributed by atoms with E-state index < -0.39 is 29.4 Å². The van der Waals surface area contributed by atoms with E-state index in [1.54, 1.807) is 0 Å². The number of amides is 3. The first-order valence-electron chi connectivity index (χ1n) is 6.19. The highest BCUT2D eigenvalue weighted by Gasteiger charge is 2.30. The van der Waals surface area contributed by atoms with E-state index in [9.17, 15) is 14.4 Å². The Morgan fingerprint density at radius 3 is 2.21 bits per heavy atom. The Hall–Kier alpha value is -1.79. The van der Waals surface area contributed by atoms with E-state index in [1.807, 2.05) is 13.8 Å². The van der Waals surface area contributed by atoms with Crippen LogP contribution in [-0.4, -0.2) is 35.6 Å². The quantitative estimate of drug-likeness (QED) is 0.532. The maximum Gasteiger partial charge on any atom is 0.312 e. The van der Waals surface area contributed by atoms with Crippen LogP contribution in [0.3, 0.4) is 0 Å². The highest BCUT2D eigenvalue weighted by atomic mass is 16.4. The number of nitrogens with one attached hydrogen (secondary N) is 2. The minimum atomic E-state index is -1.07. The first kappa shape index (κ1) is 17.2. The van der Waals surface area contributed by atoms with Crippen LogP contribution in [-0.2, 0) is 9.59 Å². The van der Waals surface area contributed by atoms with Crippen molar-refractivity contribution in [2.24, 2.45) is 17.1 Å². The Morgan fingerprint density at radius 1 is 1.32 bits per heavy atom. The van der Waals surface area contributed by atoms with Gasteiger partial charge in [0.05, 0.1) is 5.41 Å². The molecule has 0 aromatic carbocycles. The van der Waals surface area contributed by atoms with Crippen LogP contribution in [0.4, 0.5) is 4.79 Å². The number of primary amides is 1. The molecule has 0 aromatic rings. The molecular formula is C12H23N3O4. The summed E-state index contributed by atoms with van der Waals surface area (Å²) in [4.78, 5) is 33.8. The van der Waals surface area contributed by atoms with Crippen LogP contribution in [0.25, 0.3) is 0 Å². The normalized spacial score (nSPS) is 14.3. The molecule has 2 unspecified atom stereocenters. The lowest BCUT2D eigenvalue weighted by Gasteiger charge is -2.25. The zero-order valence-electron chi connectivity index (χ0n) is 11.8. The lowest BCUT2D eigenvalue weighted by molar-refractivity contribution is -0.146. The molecule has 2 atom stereocenters. The first-order chi connectivity index (χ1) is 8.61. The van der Waals surface area contributed by atoms with Gasteiger partial charge in [0, 0.05) is 6.54 Å². The molecule has 0 rings (SSSR count). The molecule has 5 N–H and O–H groups in total. The Balaban J connectivity index is 4.65. The molecule has 110 valence electrons. The number of rotatable bonds is 7. The predicted molar refractivity (Wildman–Crippen MR) is 70.4 cm³/mol. The summed E-state index contributed by atoms with van der Waals surface area (Å²) in [6.07, 6.45) is 0.681. The van der Waals surface area contributed by atoms with Gasteiger partial charge in [0.15, 0.2) is 0 Å². The van der Waals surface area contributed by atoms with E-state index >= 15 is 0 Å². The summed E-state index contributed by atoms with van der Waals surface area (Å²) >= 11 is 0. The number of urea groups is 1. The Bertz CT molecular complexity index is 355. The van der Waals surface area contributed by atoms with Crippen LogP contribution in [0.2, 0.25) is 0 Å². The summed E-state index contributed by atoms with van der Waals surface area (Å²) in [5.74, 6) is -1.53. The lowest BCUT2D eigenvalue weighted by atomic mass is 9.93. The highest BCUT2D eigenvalue weighted by molar-refractivity contribution is 5.87. The molecule has 0 spiro atoms. The second-order valence-corrected chi connectivity index (χ2v) is 5.28. The van der Waals surface area contributed by atoms with Crippen LogP contribution in [0.15, 0.2) is 0 Å². The third-order valence-electron chi connectivity index (χ3n) is 3.08. The van der Waals surface area contributed by atoms with Crippen LogP contribution >= 0.6 is 0 Å². The van der Waals surface area contributed by atoms with Gasteiger partial charge in [0.2, 0.25) is 5.91 Å². The van der Waals surface area contributed by atoms with Crippen molar-refractivity contribution in [2.45, 2.75) is 40.2 Å². The third kappa shape index (κ3) is 5.58. The summed E-state index contributed by atoms with van der Waals surface area (Å²) < 4.78 is 0. The molecule has 7 heteroatoms. The van der Waals surface area contributed by atoms with Gasteiger partial charge in [0.25, 0.3) is 0 Å². The third-order valence-corrected chi connectivity index (χ3v) is 3.08. The number of hydrogen-bond donors (Lipinski definition) is 4. The molecule has 0 radical (unpaired) electrons. The Labute approximate surface area is 112 Å². The van der Waals surface area contributed by atoms with Crippen molar-refractivity contribution in [3.05, 3.63) is 0 Å². The van der Waals surface area contributed by atoms with Gasteiger partial charge in [0.1, 0.15) is 6.04 Å². The molecule has 0 saturated carbocycles. The van der Waals surface area contributed by atoms with Gasteiger partial charge >= 0.3 is 12.0 Å². The number of aliphatic carboxylic acids is 1. The number of nitrogens with two attached hydrogens (primary N) is 1. The zero-order valence-corrected chi connectivity index (χ0v) is 11.8. The minimum absolute atomic E-state index is 0.0193. The molecule has 0 heterocycles. The van der Waals surface area contributed by atoms with Gasteiger partial charge < -0.3 is 21.5 Å². The van der Waals surface area contributed by atoms with Crippen LogP contribution in [0.5, 0.6) is 0 Å². The van der Waals surface area contributed by atoms with E-state index in [2.05, 4.69) is 10.6 Å². The fraction of sp³-hybridized carbons (Fsp3) is 0.750. The van der Waals surface area contributed by atoms with E-state index in [4.69, 9.17) is 10.8 Å². The second-order valence-electron chi connectivity index (χ2n) is 5.28. The van der Waals surface area contributed by atoms with Crippen molar-refractivity contribution in [1.82, 2.24) is 10.6 Å². The number of carbonyl (C=O) groups is 3. The largest absolute Gasteiger partial charge is 0.481 e. The second kappa shape index (κ2) is 6.96. The maximum atomic E-state index is 12.0. The molecule has 19 heavy (non-hydrogen) atoms. The summed E-state index contributed by atoms with van der Waals surface area (Å²) in [7, 11) is 0. The standard InChI is InChI=1S/C12H23N3O4/c1-5-7(2)8(15-11(13)19)9(16)14-6-12(3,4)10(17)18/h7-8H,5-6H2,1-4H3,(H,14,16)(H,17,18)(H3,13,15,19). The Morgan fingerprint density at radius 2 is 1.84 bits per heavy atom. The number of carboxylic acid groups (broad SMARTS) is 1. The lowest BCUT2D eigenvalue weighted by Crippen LogP contribution is -2.53. The van der Waals surface area contributed by atoms with Gasteiger partial charge in [-0.05, 0) is 19.8 Å². The average Bonchev–Trinajstić information content (AvgIpc) is 2.31. The summed E-state index contributed by atoms with van der Waals surface area (Å²) in [6, 6.07) is -1.54. The average molecular weight is 273 g/mol. The maximum absolute atomic E-state index is 12.0. The molecule has 0 fully saturated rings. The molecule has 0 saturated heterocycles. The smallest absolute Gasteiger partial charge is 0.312 e. The first-order valence-corrected chi connectivity index (χ1v) is 6.19. The topological polar surface area (TPSA) is 122 Å². The fourth-order valence-corrected chi connectivity index (χ4v) is 1.35. The van der Waals surface area contributed by atoms with Gasteiger partial charge in [-0.1, -0.05) is 20.3 Å². The van der Waals surface area contributed by atoms with Crippen molar-refractivity contribution in [3.8, 4) is 0 Å². The van der Waals surface area contributed by atoms with Crippen LogP contribution in [0.1, 0.15) is 34.1 Å². The monoisotopic (exact) mass is 273 g/mol. The Kier molecular flexibility index (Phi) is 6.31. The molecule has 0 bridgehead atoms. The van der Waals surface area contributed by atoms with Crippen molar-refractivity contribution in [3.63, 3.8) is 0 Å². The van der Waals surface area contributed by atoms with Crippen molar-refractivity contribution in [2.75, 3.05) is 6.54 Å². The van der Waals surface area contributed by atoms with E-state index in [-0.39, 0.29) is 12.5 Å².